The molecule has 0 aromatic heterocycles. The monoisotopic (exact) mass is 224 g/mol. The van der Waals surface area contributed by atoms with Gasteiger partial charge in [0, 0.05) is 5.56 Å². The van der Waals surface area contributed by atoms with Crippen LogP contribution in [0.3, 0.4) is 0 Å². The molecule has 0 fully saturated rings. The van der Waals surface area contributed by atoms with Crippen molar-refractivity contribution in [3.8, 4) is 0 Å². The first-order chi connectivity index (χ1) is 8.27. The summed E-state index contributed by atoms with van der Waals surface area (Å²) in [5.74, 6) is -0.390. The standard InChI is InChI=1S/C15H12O2/c16-14-9-5-4-8-13(14)10-11-15(17)12-6-2-1-3-7-12/h1-11,13H/b11-10+. The molecule has 0 radical (unpaired) electrons. The predicted molar refractivity (Wildman–Crippen MR) is 66.7 cm³/mol. The van der Waals surface area contributed by atoms with Crippen LogP contribution in [-0.4, -0.2) is 11.6 Å². The van der Waals surface area contributed by atoms with Crippen LogP contribution in [0.1, 0.15) is 10.4 Å². The Hall–Kier alpha value is -2.22. The summed E-state index contributed by atoms with van der Waals surface area (Å²) in [6, 6.07) is 9.00. The van der Waals surface area contributed by atoms with Crippen molar-refractivity contribution < 1.29 is 9.59 Å². The van der Waals surface area contributed by atoms with Crippen LogP contribution in [0.25, 0.3) is 0 Å². The van der Waals surface area contributed by atoms with Crippen LogP contribution in [0, 0.1) is 5.92 Å². The lowest BCUT2D eigenvalue weighted by atomic mass is 9.98. The molecule has 1 aromatic carbocycles. The van der Waals surface area contributed by atoms with Crippen molar-refractivity contribution in [2.45, 2.75) is 0 Å². The lowest BCUT2D eigenvalue weighted by molar-refractivity contribution is -0.115. The number of ketones is 2. The Morgan fingerprint density at radius 3 is 2.59 bits per heavy atom. The average molecular weight is 224 g/mol. The van der Waals surface area contributed by atoms with E-state index in [0.717, 1.165) is 0 Å². The Morgan fingerprint density at radius 2 is 1.88 bits per heavy atom. The zero-order valence-corrected chi connectivity index (χ0v) is 9.24. The van der Waals surface area contributed by atoms with Gasteiger partial charge in [0.15, 0.2) is 11.6 Å². The van der Waals surface area contributed by atoms with Crippen molar-refractivity contribution in [2.24, 2.45) is 5.92 Å². The fourth-order valence-electron chi connectivity index (χ4n) is 1.59. The fourth-order valence-corrected chi connectivity index (χ4v) is 1.59. The lowest BCUT2D eigenvalue weighted by Gasteiger charge is -2.05. The Morgan fingerprint density at radius 1 is 1.12 bits per heavy atom. The maximum Gasteiger partial charge on any atom is 0.185 e. The molecule has 0 spiro atoms. The van der Waals surface area contributed by atoms with Gasteiger partial charge < -0.3 is 0 Å². The second-order valence-corrected chi connectivity index (χ2v) is 3.76. The molecule has 1 atom stereocenters. The minimum Gasteiger partial charge on any atom is -0.294 e. The molecule has 0 saturated carbocycles. The van der Waals surface area contributed by atoms with Gasteiger partial charge in [-0.3, -0.25) is 9.59 Å². The van der Waals surface area contributed by atoms with Crippen LogP contribution in [0.5, 0.6) is 0 Å². The summed E-state index contributed by atoms with van der Waals surface area (Å²) in [6.45, 7) is 0. The van der Waals surface area contributed by atoms with Crippen LogP contribution in [0.15, 0.2) is 66.8 Å². The van der Waals surface area contributed by atoms with Crippen molar-refractivity contribution in [2.75, 3.05) is 0 Å². The molecule has 0 amide bonds. The van der Waals surface area contributed by atoms with E-state index in [4.69, 9.17) is 0 Å². The molecular weight excluding hydrogens is 212 g/mol. The highest BCUT2D eigenvalue weighted by atomic mass is 16.1. The summed E-state index contributed by atoms with van der Waals surface area (Å²) >= 11 is 0. The molecule has 0 N–H and O–H groups in total. The minimum absolute atomic E-state index is 0.00427. The summed E-state index contributed by atoms with van der Waals surface area (Å²) < 4.78 is 0. The zero-order chi connectivity index (χ0) is 12.1. The van der Waals surface area contributed by atoms with Crippen LogP contribution < -0.4 is 0 Å². The maximum absolute atomic E-state index is 11.8. The number of carbonyl (C=O) groups excluding carboxylic acids is 2. The Kier molecular flexibility index (Phi) is 3.46. The molecule has 2 nitrogen and oxygen atoms in total. The average Bonchev–Trinajstić information content (AvgIpc) is 2.38. The van der Waals surface area contributed by atoms with Gasteiger partial charge in [0.1, 0.15) is 0 Å². The molecule has 1 aromatic rings. The number of hydrogen-bond donors (Lipinski definition) is 0. The van der Waals surface area contributed by atoms with Gasteiger partial charge in [-0.1, -0.05) is 54.6 Å². The van der Waals surface area contributed by atoms with Crippen molar-refractivity contribution in [3.63, 3.8) is 0 Å². The zero-order valence-electron chi connectivity index (χ0n) is 9.24. The Labute approximate surface area is 100.0 Å². The normalized spacial score (nSPS) is 18.8. The molecule has 1 aliphatic carbocycles. The van der Waals surface area contributed by atoms with Gasteiger partial charge in [0.05, 0.1) is 5.92 Å². The highest BCUT2D eigenvalue weighted by molar-refractivity contribution is 6.05. The summed E-state index contributed by atoms with van der Waals surface area (Å²) in [7, 11) is 0. The molecule has 17 heavy (non-hydrogen) atoms. The number of allylic oxidation sites excluding steroid dienone is 6. The number of hydrogen-bond acceptors (Lipinski definition) is 2. The van der Waals surface area contributed by atoms with E-state index < -0.39 is 0 Å². The Balaban J connectivity index is 2.07. The van der Waals surface area contributed by atoms with Crippen molar-refractivity contribution in [1.82, 2.24) is 0 Å². The second-order valence-electron chi connectivity index (χ2n) is 3.76. The molecule has 0 bridgehead atoms. The molecular formula is C15H12O2. The van der Waals surface area contributed by atoms with E-state index in [1.807, 2.05) is 24.3 Å². The quantitative estimate of drug-likeness (QED) is 0.584. The first kappa shape index (κ1) is 11.3. The van der Waals surface area contributed by atoms with E-state index >= 15 is 0 Å². The van der Waals surface area contributed by atoms with Gasteiger partial charge in [-0.25, -0.2) is 0 Å². The SMILES string of the molecule is O=C(/C=C/C1C=CC=CC1=O)c1ccccc1. The smallest absolute Gasteiger partial charge is 0.185 e. The van der Waals surface area contributed by atoms with E-state index in [-0.39, 0.29) is 17.5 Å². The van der Waals surface area contributed by atoms with Gasteiger partial charge in [-0.2, -0.15) is 0 Å². The van der Waals surface area contributed by atoms with E-state index in [1.54, 1.807) is 30.4 Å². The topological polar surface area (TPSA) is 34.1 Å². The maximum atomic E-state index is 11.8. The van der Waals surface area contributed by atoms with E-state index in [1.165, 1.54) is 12.2 Å². The third-order valence-corrected chi connectivity index (χ3v) is 2.53. The van der Waals surface area contributed by atoms with Gasteiger partial charge in [0.25, 0.3) is 0 Å². The summed E-state index contributed by atoms with van der Waals surface area (Å²) in [6.07, 6.45) is 9.90. The highest BCUT2D eigenvalue weighted by Crippen LogP contribution is 2.10. The van der Waals surface area contributed by atoms with Gasteiger partial charge >= 0.3 is 0 Å². The summed E-state index contributed by atoms with van der Waals surface area (Å²) in [5, 5.41) is 0. The molecule has 2 rings (SSSR count). The first-order valence-corrected chi connectivity index (χ1v) is 5.43. The van der Waals surface area contributed by atoms with Crippen LogP contribution >= 0.6 is 0 Å². The highest BCUT2D eigenvalue weighted by Gasteiger charge is 2.11. The van der Waals surface area contributed by atoms with Crippen molar-refractivity contribution in [1.29, 1.82) is 0 Å². The van der Waals surface area contributed by atoms with Crippen LogP contribution in [0.4, 0.5) is 0 Å². The predicted octanol–water partition coefficient (Wildman–Crippen LogP) is 2.74. The molecule has 0 saturated heterocycles. The lowest BCUT2D eigenvalue weighted by Crippen LogP contribution is -2.09. The third-order valence-electron chi connectivity index (χ3n) is 2.53. The summed E-state index contributed by atoms with van der Waals surface area (Å²) in [5.41, 5.74) is 0.631. The molecule has 2 heteroatoms. The van der Waals surface area contributed by atoms with Crippen LogP contribution in [0.2, 0.25) is 0 Å². The number of carbonyl (C=O) groups is 2. The number of benzene rings is 1. The second kappa shape index (κ2) is 5.21. The largest absolute Gasteiger partial charge is 0.294 e. The van der Waals surface area contributed by atoms with Crippen molar-refractivity contribution in [3.05, 3.63) is 72.4 Å². The molecule has 84 valence electrons. The fraction of sp³-hybridized carbons (Fsp3) is 0.0667. The van der Waals surface area contributed by atoms with Gasteiger partial charge in [0.2, 0.25) is 0 Å². The molecule has 0 heterocycles. The molecule has 0 aliphatic heterocycles. The summed E-state index contributed by atoms with van der Waals surface area (Å²) in [4.78, 5) is 23.2. The van der Waals surface area contributed by atoms with E-state index in [0.29, 0.717) is 5.56 Å². The molecule has 1 aliphatic rings. The van der Waals surface area contributed by atoms with Crippen molar-refractivity contribution >= 4 is 11.6 Å². The van der Waals surface area contributed by atoms with E-state index in [9.17, 15) is 9.59 Å². The number of rotatable bonds is 3. The minimum atomic E-state index is -0.312. The first-order valence-electron chi connectivity index (χ1n) is 5.43. The van der Waals surface area contributed by atoms with E-state index in [2.05, 4.69) is 0 Å². The van der Waals surface area contributed by atoms with Gasteiger partial charge in [-0.15, -0.1) is 0 Å². The van der Waals surface area contributed by atoms with Crippen LogP contribution in [-0.2, 0) is 4.79 Å². The third kappa shape index (κ3) is 2.88. The van der Waals surface area contributed by atoms with Gasteiger partial charge in [-0.05, 0) is 12.2 Å². The molecule has 1 unspecified atom stereocenters. The Bertz CT molecular complexity index is 507.